The maximum atomic E-state index is 8.26. The number of aromatic nitrogens is 2. The minimum Gasteiger partial charge on any atom is -0.381 e. The zero-order valence-corrected chi connectivity index (χ0v) is 27.1. The van der Waals surface area contributed by atoms with Gasteiger partial charge in [-0.2, -0.15) is 0 Å². The van der Waals surface area contributed by atoms with E-state index in [4.69, 9.17) is 15.0 Å². The lowest BCUT2D eigenvalue weighted by Gasteiger charge is -2.05. The minimum absolute atomic E-state index is 0.652. The Morgan fingerprint density at radius 3 is 1.77 bits per heavy atom. The average molecular weight is 595 g/mol. The molecule has 2 aromatic heterocycles. The molecule has 43 heavy (non-hydrogen) atoms. The third kappa shape index (κ3) is 22.7. The SMILES string of the molecule is [N-]=[N+]=NCCCCCCCCCCCCOCCCc1ccc[n+](CCCCCCCCOCCCc2cccnc2)c1. The Kier molecular flexibility index (Phi) is 24.2. The Bertz CT molecular complexity index is 936. The first-order valence-electron chi connectivity index (χ1n) is 17.4. The number of ether oxygens (including phenoxy) is 2. The summed E-state index contributed by atoms with van der Waals surface area (Å²) in [6.45, 7) is 5.28. The lowest BCUT2D eigenvalue weighted by molar-refractivity contribution is -0.697. The fourth-order valence-electron chi connectivity index (χ4n) is 5.42. The molecular weight excluding hydrogens is 534 g/mol. The van der Waals surface area contributed by atoms with E-state index < -0.39 is 0 Å². The van der Waals surface area contributed by atoms with Gasteiger partial charge in [0.25, 0.3) is 0 Å². The highest BCUT2D eigenvalue weighted by Gasteiger charge is 2.04. The van der Waals surface area contributed by atoms with E-state index in [1.54, 1.807) is 0 Å². The topological polar surface area (TPSA) is 84.0 Å². The molecule has 2 heterocycles. The fourth-order valence-corrected chi connectivity index (χ4v) is 5.42. The Morgan fingerprint density at radius 1 is 0.628 bits per heavy atom. The molecule has 0 aromatic carbocycles. The molecule has 0 saturated carbocycles. The van der Waals surface area contributed by atoms with E-state index in [1.165, 1.54) is 107 Å². The highest BCUT2D eigenvalue weighted by Crippen LogP contribution is 2.11. The molecule has 0 atom stereocenters. The maximum absolute atomic E-state index is 8.26. The summed E-state index contributed by atoms with van der Waals surface area (Å²) in [4.78, 5) is 6.96. The predicted octanol–water partition coefficient (Wildman–Crippen LogP) is 9.52. The van der Waals surface area contributed by atoms with Crippen molar-refractivity contribution in [3.8, 4) is 0 Å². The van der Waals surface area contributed by atoms with Crippen LogP contribution in [0.2, 0.25) is 0 Å². The molecule has 2 rings (SSSR count). The number of pyridine rings is 2. The quantitative estimate of drug-likeness (QED) is 0.0297. The molecule has 0 radical (unpaired) electrons. The van der Waals surface area contributed by atoms with Crippen LogP contribution in [0.1, 0.15) is 127 Å². The number of nitrogens with zero attached hydrogens (tertiary/aromatic N) is 5. The zero-order chi connectivity index (χ0) is 30.3. The van der Waals surface area contributed by atoms with Crippen LogP contribution in [0.25, 0.3) is 10.4 Å². The van der Waals surface area contributed by atoms with Crippen LogP contribution in [0, 0.1) is 0 Å². The van der Waals surface area contributed by atoms with Crippen molar-refractivity contribution >= 4 is 0 Å². The second-order valence-electron chi connectivity index (χ2n) is 11.9. The molecule has 7 heteroatoms. The van der Waals surface area contributed by atoms with Gasteiger partial charge in [-0.15, -0.1) is 0 Å². The van der Waals surface area contributed by atoms with E-state index in [9.17, 15) is 0 Å². The standard InChI is InChI=1S/C36H60N5O2/c37-40-39-26-13-9-5-3-1-2-4-7-11-15-30-43-32-20-24-36-22-18-28-41(34-36)27-14-10-6-8-12-16-29-42-31-19-23-35-21-17-25-38-33-35/h17-18,21-22,25,28,33-34H,1-16,19-20,23-24,26-27,29-32H2/q+1. The van der Waals surface area contributed by atoms with Gasteiger partial charge in [-0.05, 0) is 74.6 Å². The number of azide groups is 1. The highest BCUT2D eigenvalue weighted by molar-refractivity contribution is 5.08. The summed E-state index contributed by atoms with van der Waals surface area (Å²) in [5.74, 6) is 0. The van der Waals surface area contributed by atoms with Gasteiger partial charge < -0.3 is 9.47 Å². The van der Waals surface area contributed by atoms with Crippen LogP contribution in [-0.4, -0.2) is 38.0 Å². The van der Waals surface area contributed by atoms with Crippen molar-refractivity contribution in [3.05, 3.63) is 70.6 Å². The van der Waals surface area contributed by atoms with Crippen molar-refractivity contribution in [3.63, 3.8) is 0 Å². The number of hydrogen-bond acceptors (Lipinski definition) is 4. The molecule has 0 spiro atoms. The first-order chi connectivity index (χ1) is 21.4. The monoisotopic (exact) mass is 594 g/mol. The van der Waals surface area contributed by atoms with Gasteiger partial charge in [0.15, 0.2) is 12.4 Å². The van der Waals surface area contributed by atoms with Gasteiger partial charge in [0.1, 0.15) is 6.54 Å². The molecule has 0 aliphatic carbocycles. The Balaban J connectivity index is 1.31. The van der Waals surface area contributed by atoms with Crippen molar-refractivity contribution < 1.29 is 14.0 Å². The van der Waals surface area contributed by atoms with E-state index in [2.05, 4.69) is 50.2 Å². The van der Waals surface area contributed by atoms with Gasteiger partial charge in [-0.25, -0.2) is 4.57 Å². The molecule has 0 unspecified atom stereocenters. The van der Waals surface area contributed by atoms with Crippen molar-refractivity contribution in [1.29, 1.82) is 0 Å². The van der Waals surface area contributed by atoms with Gasteiger partial charge in [-0.1, -0.05) is 81.8 Å². The van der Waals surface area contributed by atoms with E-state index in [0.29, 0.717) is 6.54 Å². The van der Waals surface area contributed by atoms with Crippen LogP contribution in [0.5, 0.6) is 0 Å². The Hall–Kier alpha value is -2.47. The van der Waals surface area contributed by atoms with Gasteiger partial charge in [0, 0.05) is 68.3 Å². The molecule has 0 N–H and O–H groups in total. The average Bonchev–Trinajstić information content (AvgIpc) is 3.04. The van der Waals surface area contributed by atoms with Crippen molar-refractivity contribution in [2.75, 3.05) is 33.0 Å². The third-order valence-corrected chi connectivity index (χ3v) is 7.97. The number of rotatable bonds is 30. The second-order valence-corrected chi connectivity index (χ2v) is 11.9. The lowest BCUT2D eigenvalue weighted by atomic mass is 10.1. The van der Waals surface area contributed by atoms with Crippen LogP contribution in [0.3, 0.4) is 0 Å². The molecular formula is C36H60N5O2+. The number of aryl methyl sites for hydroxylation is 3. The normalized spacial score (nSPS) is 11.1. The third-order valence-electron chi connectivity index (χ3n) is 7.97. The molecule has 240 valence electrons. The van der Waals surface area contributed by atoms with Crippen LogP contribution in [-0.2, 0) is 28.9 Å². The van der Waals surface area contributed by atoms with Crippen molar-refractivity contribution in [1.82, 2.24) is 4.98 Å². The number of unbranched alkanes of at least 4 members (excludes halogenated alkanes) is 14. The molecule has 0 fully saturated rings. The summed E-state index contributed by atoms with van der Waals surface area (Å²) in [7, 11) is 0. The van der Waals surface area contributed by atoms with E-state index in [0.717, 1.165) is 65.1 Å². The van der Waals surface area contributed by atoms with Crippen LogP contribution < -0.4 is 4.57 Å². The summed E-state index contributed by atoms with van der Waals surface area (Å²) in [6, 6.07) is 8.58. The molecule has 0 amide bonds. The van der Waals surface area contributed by atoms with Gasteiger partial charge in [0.05, 0.1) is 0 Å². The molecule has 0 saturated heterocycles. The van der Waals surface area contributed by atoms with E-state index in [1.807, 2.05) is 18.5 Å². The first kappa shape index (κ1) is 36.7. The Labute approximate surface area is 262 Å². The molecule has 0 bridgehead atoms. The maximum Gasteiger partial charge on any atom is 0.171 e. The van der Waals surface area contributed by atoms with E-state index >= 15 is 0 Å². The van der Waals surface area contributed by atoms with Crippen LogP contribution in [0.15, 0.2) is 54.2 Å². The highest BCUT2D eigenvalue weighted by atomic mass is 16.5. The summed E-state index contributed by atoms with van der Waals surface area (Å²) in [5.41, 5.74) is 11.0. The minimum atomic E-state index is 0.652. The summed E-state index contributed by atoms with van der Waals surface area (Å²) in [6.07, 6.45) is 32.9. The van der Waals surface area contributed by atoms with Gasteiger partial charge in [-0.3, -0.25) is 4.98 Å². The van der Waals surface area contributed by atoms with Crippen LogP contribution in [0.4, 0.5) is 0 Å². The lowest BCUT2D eigenvalue weighted by Crippen LogP contribution is -2.33. The molecule has 0 aliphatic heterocycles. The Morgan fingerprint density at radius 2 is 1.16 bits per heavy atom. The van der Waals surface area contributed by atoms with Crippen LogP contribution >= 0.6 is 0 Å². The van der Waals surface area contributed by atoms with E-state index in [-0.39, 0.29) is 0 Å². The van der Waals surface area contributed by atoms with Crippen molar-refractivity contribution in [2.24, 2.45) is 5.11 Å². The fraction of sp³-hybridized carbons (Fsp3) is 0.722. The summed E-state index contributed by atoms with van der Waals surface area (Å²) >= 11 is 0. The van der Waals surface area contributed by atoms with Crippen molar-refractivity contribution in [2.45, 2.75) is 135 Å². The largest absolute Gasteiger partial charge is 0.381 e. The molecule has 0 aliphatic rings. The zero-order valence-electron chi connectivity index (χ0n) is 27.1. The molecule has 7 nitrogen and oxygen atoms in total. The molecule has 2 aromatic rings. The predicted molar refractivity (Wildman–Crippen MR) is 177 cm³/mol. The smallest absolute Gasteiger partial charge is 0.171 e. The van der Waals surface area contributed by atoms with Gasteiger partial charge in [0.2, 0.25) is 0 Å². The first-order valence-corrected chi connectivity index (χ1v) is 17.4. The second kappa shape index (κ2) is 28.3. The summed E-state index contributed by atoms with van der Waals surface area (Å²) in [5, 5.41) is 3.58. The number of hydrogen-bond donors (Lipinski definition) is 0. The summed E-state index contributed by atoms with van der Waals surface area (Å²) < 4.78 is 14.1. The van der Waals surface area contributed by atoms with Gasteiger partial charge >= 0.3 is 0 Å².